The molecule has 1 heterocycles. The van der Waals surface area contributed by atoms with Crippen LogP contribution in [-0.4, -0.2) is 0 Å². The summed E-state index contributed by atoms with van der Waals surface area (Å²) in [5, 5.41) is 3.56. The van der Waals surface area contributed by atoms with Crippen molar-refractivity contribution >= 4 is 50.0 Å². The Labute approximate surface area is 95.5 Å². The van der Waals surface area contributed by atoms with E-state index in [-0.39, 0.29) is 0 Å². The molecule has 0 aliphatic heterocycles. The normalized spacial score (nSPS) is 11.0. The van der Waals surface area contributed by atoms with E-state index in [1.165, 1.54) is 15.6 Å². The smallest absolute Gasteiger partial charge is 0.0488 e. The predicted octanol–water partition coefficient (Wildman–Crippen LogP) is 4.51. The lowest BCUT2D eigenvalue weighted by molar-refractivity contribution is 1.17. The monoisotopic (exact) mass is 272 g/mol. The van der Waals surface area contributed by atoms with E-state index in [9.17, 15) is 0 Å². The zero-order valence-electron chi connectivity index (χ0n) is 7.17. The first-order valence-corrected chi connectivity index (χ1v) is 6.23. The van der Waals surface area contributed by atoms with Crippen molar-refractivity contribution in [1.82, 2.24) is 0 Å². The second kappa shape index (κ2) is 3.64. The van der Waals surface area contributed by atoms with Gasteiger partial charge in [0.1, 0.15) is 0 Å². The summed E-state index contributed by atoms with van der Waals surface area (Å²) in [5.74, 6) is 0. The Morgan fingerprint density at radius 1 is 1.46 bits per heavy atom. The summed E-state index contributed by atoms with van der Waals surface area (Å²) >= 11 is 9.71. The minimum atomic E-state index is 1.02. The minimum absolute atomic E-state index is 1.02. The average Bonchev–Trinajstić information content (AvgIpc) is 2.47. The van der Waals surface area contributed by atoms with Crippen LogP contribution in [0.25, 0.3) is 10.1 Å². The first kappa shape index (κ1) is 9.56. The van der Waals surface area contributed by atoms with E-state index >= 15 is 0 Å². The van der Waals surface area contributed by atoms with Crippen molar-refractivity contribution in [1.29, 1.82) is 0 Å². The summed E-state index contributed by atoms with van der Waals surface area (Å²) < 4.78 is 2.48. The fraction of sp³-hybridized carbons (Fsp3) is 0.200. The quantitative estimate of drug-likeness (QED) is 0.726. The van der Waals surface area contributed by atoms with Gasteiger partial charge in [0.25, 0.3) is 0 Å². The van der Waals surface area contributed by atoms with Gasteiger partial charge in [0.05, 0.1) is 0 Å². The van der Waals surface area contributed by atoms with Crippen molar-refractivity contribution in [2.75, 3.05) is 0 Å². The molecule has 0 aliphatic rings. The number of aryl methyl sites for hydroxylation is 1. The molecule has 0 radical (unpaired) electrons. The Morgan fingerprint density at radius 2 is 2.23 bits per heavy atom. The maximum Gasteiger partial charge on any atom is 0.0488 e. The Hall–Kier alpha value is 0.01000. The number of fused-ring (bicyclic) bond motifs is 1. The van der Waals surface area contributed by atoms with E-state index in [0.29, 0.717) is 0 Å². The number of hydrogen-bond donors (Lipinski definition) is 1. The standard InChI is InChI=1S/C10H9BrS2/c1-2-6-5-13-10-8(6)3-7(12)4-9(10)11/h3-5,12H,2H2,1H3. The Balaban J connectivity index is 2.82. The number of thiophene rings is 1. The Morgan fingerprint density at radius 3 is 2.92 bits per heavy atom. The number of rotatable bonds is 1. The highest BCUT2D eigenvalue weighted by Gasteiger charge is 2.06. The van der Waals surface area contributed by atoms with Crippen LogP contribution in [0.3, 0.4) is 0 Å². The third kappa shape index (κ3) is 1.65. The molecule has 0 fully saturated rings. The van der Waals surface area contributed by atoms with E-state index in [1.807, 2.05) is 6.07 Å². The SMILES string of the molecule is CCc1csc2c(Br)cc(S)cc12. The summed E-state index contributed by atoms with van der Waals surface area (Å²) in [7, 11) is 0. The summed E-state index contributed by atoms with van der Waals surface area (Å²) in [6.45, 7) is 2.18. The van der Waals surface area contributed by atoms with Crippen molar-refractivity contribution in [2.45, 2.75) is 18.2 Å². The first-order chi connectivity index (χ1) is 6.22. The van der Waals surface area contributed by atoms with Crippen molar-refractivity contribution < 1.29 is 0 Å². The number of hydrogen-bond acceptors (Lipinski definition) is 2. The molecule has 0 nitrogen and oxygen atoms in total. The van der Waals surface area contributed by atoms with Crippen LogP contribution in [0.5, 0.6) is 0 Å². The molecule has 0 aliphatic carbocycles. The van der Waals surface area contributed by atoms with Gasteiger partial charge in [0, 0.05) is 14.1 Å². The first-order valence-electron chi connectivity index (χ1n) is 4.11. The lowest BCUT2D eigenvalue weighted by Crippen LogP contribution is -1.76. The predicted molar refractivity (Wildman–Crippen MR) is 66.2 cm³/mol. The molecule has 0 saturated carbocycles. The van der Waals surface area contributed by atoms with Crippen molar-refractivity contribution in [3.63, 3.8) is 0 Å². The largest absolute Gasteiger partial charge is 0.143 e. The van der Waals surface area contributed by atoms with Crippen molar-refractivity contribution in [3.8, 4) is 0 Å². The van der Waals surface area contributed by atoms with Gasteiger partial charge in [0.2, 0.25) is 0 Å². The van der Waals surface area contributed by atoms with Gasteiger partial charge in [0.15, 0.2) is 0 Å². The van der Waals surface area contributed by atoms with Crippen LogP contribution in [0.15, 0.2) is 26.9 Å². The van der Waals surface area contributed by atoms with Crippen LogP contribution in [0.1, 0.15) is 12.5 Å². The summed E-state index contributed by atoms with van der Waals surface area (Å²) in [4.78, 5) is 1.02. The van der Waals surface area contributed by atoms with Gasteiger partial charge < -0.3 is 0 Å². The maximum atomic E-state index is 4.37. The van der Waals surface area contributed by atoms with E-state index < -0.39 is 0 Å². The van der Waals surface area contributed by atoms with E-state index in [0.717, 1.165) is 15.8 Å². The maximum absolute atomic E-state index is 4.37. The molecule has 13 heavy (non-hydrogen) atoms. The molecule has 0 amide bonds. The molecular formula is C10H9BrS2. The van der Waals surface area contributed by atoms with Crippen molar-refractivity contribution in [3.05, 3.63) is 27.5 Å². The Bertz CT molecular complexity index is 445. The third-order valence-electron chi connectivity index (χ3n) is 2.07. The molecule has 0 saturated heterocycles. The number of thiol groups is 1. The highest BCUT2D eigenvalue weighted by molar-refractivity contribution is 9.10. The van der Waals surface area contributed by atoms with Gasteiger partial charge in [-0.2, -0.15) is 0 Å². The van der Waals surface area contributed by atoms with Crippen LogP contribution >= 0.6 is 39.9 Å². The molecule has 0 N–H and O–H groups in total. The van der Waals surface area contributed by atoms with Crippen LogP contribution in [-0.2, 0) is 6.42 Å². The van der Waals surface area contributed by atoms with Gasteiger partial charge >= 0.3 is 0 Å². The third-order valence-corrected chi connectivity index (χ3v) is 4.30. The van der Waals surface area contributed by atoms with Crippen LogP contribution < -0.4 is 0 Å². The van der Waals surface area contributed by atoms with Gasteiger partial charge in [-0.25, -0.2) is 0 Å². The number of benzene rings is 1. The van der Waals surface area contributed by atoms with Gasteiger partial charge in [-0.05, 0) is 50.8 Å². The molecule has 0 atom stereocenters. The zero-order chi connectivity index (χ0) is 9.42. The van der Waals surface area contributed by atoms with E-state index in [2.05, 4.69) is 46.9 Å². The fourth-order valence-electron chi connectivity index (χ4n) is 1.40. The molecule has 0 spiro atoms. The van der Waals surface area contributed by atoms with Gasteiger partial charge in [-0.15, -0.1) is 24.0 Å². The molecule has 2 aromatic rings. The van der Waals surface area contributed by atoms with Gasteiger partial charge in [-0.1, -0.05) is 6.92 Å². The minimum Gasteiger partial charge on any atom is -0.143 e. The van der Waals surface area contributed by atoms with Crippen LogP contribution in [0.4, 0.5) is 0 Å². The van der Waals surface area contributed by atoms with Crippen molar-refractivity contribution in [2.24, 2.45) is 0 Å². The molecular weight excluding hydrogens is 264 g/mol. The summed E-state index contributed by atoms with van der Waals surface area (Å²) in [6.07, 6.45) is 1.09. The van der Waals surface area contributed by atoms with Gasteiger partial charge in [-0.3, -0.25) is 0 Å². The highest BCUT2D eigenvalue weighted by Crippen LogP contribution is 2.34. The molecule has 1 aromatic carbocycles. The lowest BCUT2D eigenvalue weighted by Gasteiger charge is -1.98. The molecule has 3 heteroatoms. The van der Waals surface area contributed by atoms with E-state index in [1.54, 1.807) is 11.3 Å². The molecule has 0 bridgehead atoms. The Kier molecular flexibility index (Phi) is 2.67. The van der Waals surface area contributed by atoms with Crippen LogP contribution in [0, 0.1) is 0 Å². The summed E-state index contributed by atoms with van der Waals surface area (Å²) in [6, 6.07) is 4.18. The molecule has 2 rings (SSSR count). The fourth-order valence-corrected chi connectivity index (χ4v) is 3.62. The molecule has 1 aromatic heterocycles. The lowest BCUT2D eigenvalue weighted by atomic mass is 10.1. The number of halogens is 1. The second-order valence-corrected chi connectivity index (χ2v) is 5.17. The topological polar surface area (TPSA) is 0 Å². The van der Waals surface area contributed by atoms with E-state index in [4.69, 9.17) is 0 Å². The molecule has 0 unspecified atom stereocenters. The molecule has 68 valence electrons. The summed E-state index contributed by atoms with van der Waals surface area (Å²) in [5.41, 5.74) is 1.41. The zero-order valence-corrected chi connectivity index (χ0v) is 10.5. The average molecular weight is 273 g/mol. The van der Waals surface area contributed by atoms with Crippen LogP contribution in [0.2, 0.25) is 0 Å². The highest BCUT2D eigenvalue weighted by atomic mass is 79.9. The second-order valence-electron chi connectivity index (χ2n) is 2.92.